The van der Waals surface area contributed by atoms with E-state index in [-0.39, 0.29) is 5.91 Å². The first-order valence-corrected chi connectivity index (χ1v) is 9.79. The summed E-state index contributed by atoms with van der Waals surface area (Å²) in [6.07, 6.45) is 1.90. The number of thiazole rings is 1. The standard InChI is InChI=1S/C18H24N2OS2/c1-13(2)12-16-20-14(3)17(23-16)18(21)19-10-7-11-22-15-8-5-4-6-9-15/h4-6,8-9,13H,7,10-12H2,1-3H3,(H,19,21). The van der Waals surface area contributed by atoms with Gasteiger partial charge in [-0.3, -0.25) is 4.79 Å². The minimum atomic E-state index is 0.0136. The van der Waals surface area contributed by atoms with Gasteiger partial charge in [-0.05, 0) is 37.1 Å². The van der Waals surface area contributed by atoms with Crippen molar-refractivity contribution >= 4 is 29.0 Å². The number of aryl methyl sites for hydroxylation is 1. The molecule has 0 fully saturated rings. The van der Waals surface area contributed by atoms with E-state index in [0.29, 0.717) is 12.5 Å². The zero-order chi connectivity index (χ0) is 16.7. The molecule has 0 saturated carbocycles. The quantitative estimate of drug-likeness (QED) is 0.561. The van der Waals surface area contributed by atoms with Crippen molar-refractivity contribution in [2.75, 3.05) is 12.3 Å². The Labute approximate surface area is 146 Å². The average molecular weight is 349 g/mol. The van der Waals surface area contributed by atoms with Crippen LogP contribution in [0.3, 0.4) is 0 Å². The van der Waals surface area contributed by atoms with Crippen LogP contribution >= 0.6 is 23.1 Å². The molecular formula is C18H24N2OS2. The highest BCUT2D eigenvalue weighted by molar-refractivity contribution is 7.99. The highest BCUT2D eigenvalue weighted by atomic mass is 32.2. The molecule has 0 spiro atoms. The number of thioether (sulfide) groups is 1. The molecule has 0 aliphatic rings. The lowest BCUT2D eigenvalue weighted by molar-refractivity contribution is 0.0957. The first kappa shape index (κ1) is 18.0. The van der Waals surface area contributed by atoms with Crippen LogP contribution < -0.4 is 5.32 Å². The van der Waals surface area contributed by atoms with E-state index >= 15 is 0 Å². The summed E-state index contributed by atoms with van der Waals surface area (Å²) in [5, 5.41) is 4.07. The summed E-state index contributed by atoms with van der Waals surface area (Å²) in [6, 6.07) is 10.3. The van der Waals surface area contributed by atoms with E-state index in [1.165, 1.54) is 16.2 Å². The fourth-order valence-electron chi connectivity index (χ4n) is 2.16. The van der Waals surface area contributed by atoms with Crippen molar-refractivity contribution in [3.8, 4) is 0 Å². The minimum absolute atomic E-state index is 0.0136. The van der Waals surface area contributed by atoms with Crippen molar-refractivity contribution in [1.29, 1.82) is 0 Å². The summed E-state index contributed by atoms with van der Waals surface area (Å²) >= 11 is 3.35. The molecule has 0 saturated heterocycles. The minimum Gasteiger partial charge on any atom is -0.351 e. The van der Waals surface area contributed by atoms with Gasteiger partial charge in [0, 0.05) is 17.9 Å². The predicted molar refractivity (Wildman–Crippen MR) is 99.5 cm³/mol. The molecule has 2 aromatic rings. The van der Waals surface area contributed by atoms with Crippen LogP contribution in [-0.4, -0.2) is 23.2 Å². The topological polar surface area (TPSA) is 42.0 Å². The van der Waals surface area contributed by atoms with E-state index in [1.54, 1.807) is 0 Å². The van der Waals surface area contributed by atoms with E-state index < -0.39 is 0 Å². The molecule has 1 amide bonds. The van der Waals surface area contributed by atoms with Gasteiger partial charge in [-0.25, -0.2) is 4.98 Å². The monoisotopic (exact) mass is 348 g/mol. The van der Waals surface area contributed by atoms with E-state index in [0.717, 1.165) is 34.2 Å². The normalized spacial score (nSPS) is 11.0. The maximum atomic E-state index is 12.3. The van der Waals surface area contributed by atoms with Crippen LogP contribution in [0.5, 0.6) is 0 Å². The molecule has 2 rings (SSSR count). The van der Waals surface area contributed by atoms with Gasteiger partial charge in [0.1, 0.15) is 4.88 Å². The molecule has 0 aliphatic heterocycles. The molecule has 1 aromatic heterocycles. The van der Waals surface area contributed by atoms with Crippen LogP contribution in [0.1, 0.15) is 40.6 Å². The summed E-state index contributed by atoms with van der Waals surface area (Å²) in [5.41, 5.74) is 0.849. The number of carbonyl (C=O) groups is 1. The molecule has 1 aromatic carbocycles. The average Bonchev–Trinajstić information content (AvgIpc) is 2.87. The van der Waals surface area contributed by atoms with E-state index in [4.69, 9.17) is 0 Å². The Hall–Kier alpha value is -1.33. The molecule has 23 heavy (non-hydrogen) atoms. The largest absolute Gasteiger partial charge is 0.351 e. The fourth-order valence-corrected chi connectivity index (χ4v) is 4.23. The van der Waals surface area contributed by atoms with Crippen LogP contribution in [0, 0.1) is 12.8 Å². The highest BCUT2D eigenvalue weighted by Crippen LogP contribution is 2.21. The van der Waals surface area contributed by atoms with Crippen LogP contribution in [0.15, 0.2) is 35.2 Å². The lowest BCUT2D eigenvalue weighted by Crippen LogP contribution is -2.24. The summed E-state index contributed by atoms with van der Waals surface area (Å²) in [6.45, 7) is 6.96. The van der Waals surface area contributed by atoms with Gasteiger partial charge in [-0.2, -0.15) is 0 Å². The number of nitrogens with one attached hydrogen (secondary N) is 1. The van der Waals surface area contributed by atoms with E-state index in [2.05, 4.69) is 36.3 Å². The van der Waals surface area contributed by atoms with Crippen LogP contribution in [-0.2, 0) is 6.42 Å². The number of aromatic nitrogens is 1. The Kier molecular flexibility index (Phi) is 7.12. The van der Waals surface area contributed by atoms with Crippen LogP contribution in [0.25, 0.3) is 0 Å². The Morgan fingerprint density at radius 1 is 1.30 bits per heavy atom. The van der Waals surface area contributed by atoms with Crippen molar-refractivity contribution in [3.63, 3.8) is 0 Å². The molecule has 0 atom stereocenters. The number of benzene rings is 1. The van der Waals surface area contributed by atoms with Gasteiger partial charge in [-0.1, -0.05) is 32.0 Å². The third kappa shape index (κ3) is 5.99. The summed E-state index contributed by atoms with van der Waals surface area (Å²) < 4.78 is 0. The number of rotatable bonds is 8. The maximum Gasteiger partial charge on any atom is 0.263 e. The van der Waals surface area contributed by atoms with Gasteiger partial charge >= 0.3 is 0 Å². The Morgan fingerprint density at radius 3 is 2.74 bits per heavy atom. The molecule has 1 heterocycles. The molecule has 3 nitrogen and oxygen atoms in total. The molecular weight excluding hydrogens is 324 g/mol. The lowest BCUT2D eigenvalue weighted by Gasteiger charge is -2.04. The third-order valence-corrected chi connectivity index (χ3v) is 5.53. The van der Waals surface area contributed by atoms with Crippen molar-refractivity contribution in [2.45, 2.75) is 38.5 Å². The molecule has 0 unspecified atom stereocenters. The highest BCUT2D eigenvalue weighted by Gasteiger charge is 2.15. The number of hydrogen-bond donors (Lipinski definition) is 1. The summed E-state index contributed by atoms with van der Waals surface area (Å²) in [5.74, 6) is 1.58. The van der Waals surface area contributed by atoms with Crippen LogP contribution in [0.4, 0.5) is 0 Å². The van der Waals surface area contributed by atoms with Crippen molar-refractivity contribution in [1.82, 2.24) is 10.3 Å². The summed E-state index contributed by atoms with van der Waals surface area (Å²) in [4.78, 5) is 18.8. The lowest BCUT2D eigenvalue weighted by atomic mass is 10.1. The zero-order valence-electron chi connectivity index (χ0n) is 14.0. The second kappa shape index (κ2) is 9.08. The fraction of sp³-hybridized carbons (Fsp3) is 0.444. The first-order chi connectivity index (χ1) is 11.1. The van der Waals surface area contributed by atoms with Crippen LogP contribution in [0.2, 0.25) is 0 Å². The van der Waals surface area contributed by atoms with Crippen molar-refractivity contribution < 1.29 is 4.79 Å². The molecule has 124 valence electrons. The second-order valence-corrected chi connectivity index (χ2v) is 8.14. The third-order valence-electron chi connectivity index (χ3n) is 3.25. The second-order valence-electron chi connectivity index (χ2n) is 5.89. The Bertz CT molecular complexity index is 623. The summed E-state index contributed by atoms with van der Waals surface area (Å²) in [7, 11) is 0. The van der Waals surface area contributed by atoms with Gasteiger partial charge in [0.05, 0.1) is 10.7 Å². The molecule has 5 heteroatoms. The molecule has 0 aliphatic carbocycles. The number of hydrogen-bond acceptors (Lipinski definition) is 4. The first-order valence-electron chi connectivity index (χ1n) is 7.98. The Morgan fingerprint density at radius 2 is 2.04 bits per heavy atom. The zero-order valence-corrected chi connectivity index (χ0v) is 15.6. The maximum absolute atomic E-state index is 12.3. The van der Waals surface area contributed by atoms with E-state index in [9.17, 15) is 4.79 Å². The molecule has 1 N–H and O–H groups in total. The SMILES string of the molecule is Cc1nc(CC(C)C)sc1C(=O)NCCCSc1ccccc1. The van der Waals surface area contributed by atoms with Crippen molar-refractivity contribution in [3.05, 3.63) is 45.9 Å². The number of nitrogens with zero attached hydrogens (tertiary/aromatic N) is 1. The van der Waals surface area contributed by atoms with Gasteiger partial charge in [-0.15, -0.1) is 23.1 Å². The smallest absolute Gasteiger partial charge is 0.263 e. The molecule has 0 radical (unpaired) electrons. The van der Waals surface area contributed by atoms with Crippen molar-refractivity contribution in [2.24, 2.45) is 5.92 Å². The van der Waals surface area contributed by atoms with E-state index in [1.807, 2.05) is 36.9 Å². The van der Waals surface area contributed by atoms with Gasteiger partial charge in [0.15, 0.2) is 0 Å². The Balaban J connectivity index is 1.73. The number of carbonyl (C=O) groups excluding carboxylic acids is 1. The molecule has 0 bridgehead atoms. The number of amides is 1. The van der Waals surface area contributed by atoms with Gasteiger partial charge in [0.25, 0.3) is 5.91 Å². The van der Waals surface area contributed by atoms with Gasteiger partial charge < -0.3 is 5.32 Å². The van der Waals surface area contributed by atoms with Gasteiger partial charge in [0.2, 0.25) is 0 Å². The predicted octanol–water partition coefficient (Wildman–Crippen LogP) is 4.56.